The molecule has 1 aromatic carbocycles. The smallest absolute Gasteiger partial charge is 0.335 e. The lowest BCUT2D eigenvalue weighted by molar-refractivity contribution is -0.224. The number of aliphatic imine (C=N–C) groups is 1. The molecule has 0 radical (unpaired) electrons. The molecule has 6 fully saturated rings. The molecule has 11 unspecified atom stereocenters. The number of carbonyl (C=O) groups is 1. The molecule has 0 aromatic heterocycles. The minimum Gasteiger partial charge on any atom is -0.478 e. The van der Waals surface area contributed by atoms with Gasteiger partial charge in [0.15, 0.2) is 0 Å². The lowest BCUT2D eigenvalue weighted by atomic mass is 9.31. The summed E-state index contributed by atoms with van der Waals surface area (Å²) in [7, 11) is -3.29. The molecule has 8 rings (SSSR count). The fourth-order valence-electron chi connectivity index (χ4n) is 16.3. The highest BCUT2D eigenvalue weighted by molar-refractivity contribution is 7.88. The topological polar surface area (TPSA) is 102 Å². The van der Waals surface area contributed by atoms with Gasteiger partial charge in [-0.25, -0.2) is 13.2 Å². The predicted molar refractivity (Wildman–Crippen MR) is 232 cm³/mol. The summed E-state index contributed by atoms with van der Waals surface area (Å²) in [5, 5.41) is 13.9. The second kappa shape index (κ2) is 13.0. The van der Waals surface area contributed by atoms with Crippen LogP contribution in [0.5, 0.6) is 0 Å². The molecule has 2 heterocycles. The Morgan fingerprint density at radius 1 is 0.965 bits per heavy atom. The first-order valence-corrected chi connectivity index (χ1v) is 23.7. The molecule has 57 heavy (non-hydrogen) atoms. The van der Waals surface area contributed by atoms with Crippen molar-refractivity contribution in [2.75, 3.05) is 32.4 Å². The van der Waals surface area contributed by atoms with E-state index in [1.165, 1.54) is 55.9 Å². The summed E-state index contributed by atoms with van der Waals surface area (Å²) in [6.07, 6.45) is 16.9. The Morgan fingerprint density at radius 2 is 1.65 bits per heavy atom. The molecule has 312 valence electrons. The number of aromatic carboxylic acids is 1. The Bertz CT molecular complexity index is 2030. The molecule has 5 aliphatic carbocycles. The van der Waals surface area contributed by atoms with Gasteiger partial charge in [0.1, 0.15) is 0 Å². The molecule has 1 aromatic rings. The van der Waals surface area contributed by atoms with Gasteiger partial charge < -0.3 is 10.4 Å². The van der Waals surface area contributed by atoms with E-state index < -0.39 is 21.5 Å². The first kappa shape index (κ1) is 41.2. The van der Waals surface area contributed by atoms with Crippen LogP contribution in [0.25, 0.3) is 5.57 Å². The van der Waals surface area contributed by atoms with Crippen molar-refractivity contribution >= 4 is 28.3 Å². The molecule has 11 atom stereocenters. The highest BCUT2D eigenvalue weighted by Crippen LogP contribution is 2.78. The normalized spacial score (nSPS) is 44.9. The number of rotatable bonds is 10. The van der Waals surface area contributed by atoms with Crippen LogP contribution in [0.3, 0.4) is 0 Å². The van der Waals surface area contributed by atoms with E-state index in [4.69, 9.17) is 4.99 Å². The van der Waals surface area contributed by atoms with Crippen molar-refractivity contribution in [3.05, 3.63) is 66.3 Å². The van der Waals surface area contributed by atoms with E-state index in [2.05, 4.69) is 84.6 Å². The van der Waals surface area contributed by atoms with Crippen LogP contribution in [0.2, 0.25) is 0 Å². The number of likely N-dealkylation sites (tertiary alicyclic amines) is 1. The molecule has 9 heteroatoms. The average molecular weight is 799 g/mol. The van der Waals surface area contributed by atoms with Crippen LogP contribution in [0.1, 0.15) is 129 Å². The number of sulfonamides is 1. The number of carboxylic acid groups (broad SMARTS) is 1. The van der Waals surface area contributed by atoms with Gasteiger partial charge in [-0.05, 0) is 143 Å². The van der Waals surface area contributed by atoms with Gasteiger partial charge >= 0.3 is 5.97 Å². The van der Waals surface area contributed by atoms with Gasteiger partial charge in [-0.15, -0.1) is 6.58 Å². The van der Waals surface area contributed by atoms with E-state index in [0.717, 1.165) is 50.9 Å². The summed E-state index contributed by atoms with van der Waals surface area (Å²) in [6.45, 7) is 33.3. The first-order valence-electron chi connectivity index (χ1n) is 21.8. The van der Waals surface area contributed by atoms with Gasteiger partial charge in [-0.3, -0.25) is 9.89 Å². The lowest BCUT2D eigenvalue weighted by Gasteiger charge is -2.74. The first-order chi connectivity index (χ1) is 26.5. The SMILES string of the molecule is C=CC12CN(S(C)(=O)=O)C(C)(CN1CCNC13CCC(C(=C)C)C1C1CCC4C(C)(CCC5(N=C)C(C)(C)C(c6ccc(C(=O)O)cc6)=CCC45C)C1(C)CC3)C2. The summed E-state index contributed by atoms with van der Waals surface area (Å²) >= 11 is 0. The number of allylic oxidation sites excluding steroid dienone is 2. The zero-order valence-corrected chi connectivity index (χ0v) is 37.0. The number of benzene rings is 1. The van der Waals surface area contributed by atoms with Crippen LogP contribution in [0.15, 0.2) is 60.1 Å². The Labute approximate surface area is 343 Å². The van der Waals surface area contributed by atoms with Crippen LogP contribution >= 0.6 is 0 Å². The number of piperazine rings is 1. The molecule has 2 N–H and O–H groups in total. The molecule has 0 spiro atoms. The van der Waals surface area contributed by atoms with Gasteiger partial charge in [0.2, 0.25) is 10.0 Å². The zero-order chi connectivity index (χ0) is 41.4. The summed E-state index contributed by atoms with van der Waals surface area (Å²) in [6, 6.07) is 7.43. The maximum Gasteiger partial charge on any atom is 0.335 e. The number of hydrogen-bond acceptors (Lipinski definition) is 6. The third kappa shape index (κ3) is 5.35. The van der Waals surface area contributed by atoms with E-state index in [9.17, 15) is 18.3 Å². The molecule has 2 bridgehead atoms. The molecular formula is C48H70N4O4S. The Hall–Kier alpha value is -2.59. The number of nitrogens with one attached hydrogen (secondary N) is 1. The Morgan fingerprint density at radius 3 is 2.26 bits per heavy atom. The van der Waals surface area contributed by atoms with Crippen molar-refractivity contribution < 1.29 is 18.3 Å². The second-order valence-electron chi connectivity index (χ2n) is 21.6. The Kier molecular flexibility index (Phi) is 9.36. The summed E-state index contributed by atoms with van der Waals surface area (Å²) in [4.78, 5) is 19.5. The highest BCUT2D eigenvalue weighted by Gasteiger charge is 2.74. The highest BCUT2D eigenvalue weighted by atomic mass is 32.2. The minimum atomic E-state index is -3.29. The fourth-order valence-corrected chi connectivity index (χ4v) is 17.7. The maximum absolute atomic E-state index is 12.7. The van der Waals surface area contributed by atoms with Crippen molar-refractivity contribution in [3.63, 3.8) is 0 Å². The number of carboxylic acids is 1. The van der Waals surface area contributed by atoms with Gasteiger partial charge in [0, 0.05) is 48.1 Å². The average Bonchev–Trinajstić information content (AvgIpc) is 3.78. The minimum absolute atomic E-state index is 0.0699. The summed E-state index contributed by atoms with van der Waals surface area (Å²) in [5.74, 6) is 1.23. The number of fused-ring (bicyclic) bond motifs is 9. The summed E-state index contributed by atoms with van der Waals surface area (Å²) < 4.78 is 27.2. The number of hydrogen-bond donors (Lipinski definition) is 2. The second-order valence-corrected chi connectivity index (χ2v) is 23.5. The van der Waals surface area contributed by atoms with E-state index in [0.29, 0.717) is 35.8 Å². The van der Waals surface area contributed by atoms with Crippen LogP contribution < -0.4 is 5.32 Å². The largest absolute Gasteiger partial charge is 0.478 e. The van der Waals surface area contributed by atoms with Gasteiger partial charge in [-0.1, -0.05) is 71.1 Å². The molecule has 7 aliphatic rings. The van der Waals surface area contributed by atoms with Crippen LogP contribution in [-0.2, 0) is 10.0 Å². The van der Waals surface area contributed by atoms with Crippen molar-refractivity contribution in [1.82, 2.24) is 14.5 Å². The molecule has 2 aliphatic heterocycles. The quantitative estimate of drug-likeness (QED) is 0.181. The summed E-state index contributed by atoms with van der Waals surface area (Å²) in [5.41, 5.74) is 2.99. The van der Waals surface area contributed by atoms with Crippen molar-refractivity contribution in [2.24, 2.45) is 50.3 Å². The molecule has 0 amide bonds. The molecule has 8 nitrogen and oxygen atoms in total. The van der Waals surface area contributed by atoms with Crippen LogP contribution in [-0.4, -0.2) is 90.0 Å². The van der Waals surface area contributed by atoms with E-state index in [1.807, 2.05) is 18.2 Å². The molecule has 2 saturated heterocycles. The molecule has 4 saturated carbocycles. The van der Waals surface area contributed by atoms with Crippen molar-refractivity contribution in [3.8, 4) is 0 Å². The van der Waals surface area contributed by atoms with Crippen LogP contribution in [0.4, 0.5) is 0 Å². The monoisotopic (exact) mass is 799 g/mol. The van der Waals surface area contributed by atoms with Gasteiger partial charge in [-0.2, -0.15) is 4.31 Å². The third-order valence-corrected chi connectivity index (χ3v) is 20.5. The Balaban J connectivity index is 1.07. The standard InChI is InChI=1S/C48H70N4O4S/c1-12-46-29-42(6,52(31-46)57(11,55)56)30-51(46)28-27-50-47-22-19-35(32(2)3)39(47)37-17-18-38-44(8,43(37,7)23-25-47)24-26-48(49-10)41(4,5)36(20-21-45(38,48)9)33-13-15-34(16-14-33)40(53)54/h12-16,20,35,37-39,50H,1-2,10,17-19,21-31H2,3-9,11H3,(H,53,54). The fraction of sp³-hybridized carbons (Fsp3) is 0.708. The van der Waals surface area contributed by atoms with Crippen molar-refractivity contribution in [2.45, 2.75) is 135 Å². The van der Waals surface area contributed by atoms with E-state index >= 15 is 0 Å². The lowest BCUT2D eigenvalue weighted by Crippen LogP contribution is -2.72. The van der Waals surface area contributed by atoms with E-state index in [1.54, 1.807) is 16.4 Å². The van der Waals surface area contributed by atoms with Crippen molar-refractivity contribution in [1.29, 1.82) is 0 Å². The predicted octanol–water partition coefficient (Wildman–Crippen LogP) is 8.87. The van der Waals surface area contributed by atoms with Gasteiger partial charge in [0.05, 0.1) is 22.9 Å². The zero-order valence-electron chi connectivity index (χ0n) is 36.2. The molecular weight excluding hydrogens is 729 g/mol. The van der Waals surface area contributed by atoms with Gasteiger partial charge in [0.25, 0.3) is 0 Å². The maximum atomic E-state index is 12.7. The third-order valence-electron chi connectivity index (χ3n) is 19.2. The van der Waals surface area contributed by atoms with Crippen LogP contribution in [0, 0.1) is 45.3 Å². The van der Waals surface area contributed by atoms with E-state index in [-0.39, 0.29) is 38.3 Å². The number of nitrogens with zero attached hydrogens (tertiary/aromatic N) is 3.